The van der Waals surface area contributed by atoms with Gasteiger partial charge in [-0.05, 0) is 54.0 Å². The van der Waals surface area contributed by atoms with Gasteiger partial charge in [0.05, 0.1) is 12.1 Å². The minimum Gasteiger partial charge on any atom is -0.386 e. The zero-order chi connectivity index (χ0) is 28.2. The number of hydrogen-bond acceptors (Lipinski definition) is 10. The molecule has 5 atom stereocenters. The van der Waals surface area contributed by atoms with E-state index in [1.54, 1.807) is 29.3 Å². The first-order chi connectivity index (χ1) is 19.1. The van der Waals surface area contributed by atoms with E-state index in [0.717, 1.165) is 24.8 Å². The van der Waals surface area contributed by atoms with Crippen LogP contribution >= 0.6 is 0 Å². The molecule has 1 spiro atoms. The molecule has 2 aromatic rings. The second kappa shape index (κ2) is 9.47. The van der Waals surface area contributed by atoms with Gasteiger partial charge < -0.3 is 37.4 Å². The summed E-state index contributed by atoms with van der Waals surface area (Å²) in [6.45, 7) is 4.73. The third kappa shape index (κ3) is 4.05. The fourth-order valence-electron chi connectivity index (χ4n) is 6.78. The molecule has 2 unspecified atom stereocenters. The third-order valence-corrected chi connectivity index (χ3v) is 8.72. The Bertz CT molecular complexity index is 1410. The standard InChI is InChI=1S/C28H35N9O3/c1-27(2)11-6-8-15-16(7-5-9-17(15)27)23(39)33-20-14-37-26(30)34-19(13-32-24(40)18-10-3-4-12-31-18)21-28(37,22(20)38)36-25(29)35-21/h3-5,7,9-10,12,19-22,38H,6,8,11,13-14H2,1-2H3,(H2,30,34)(H,32,40)(H,33,39)(H3,29,35,36)/t19-,20+,21?,22+,28?/m0/s1. The van der Waals surface area contributed by atoms with Crippen LogP contribution in [0.3, 0.4) is 0 Å². The molecule has 6 rings (SSSR count). The van der Waals surface area contributed by atoms with E-state index in [9.17, 15) is 14.7 Å². The number of carbonyl (C=O) groups excluding carboxylic acids is 2. The number of aliphatic hydroxyl groups excluding tert-OH is 1. The van der Waals surface area contributed by atoms with Crippen LogP contribution in [0.5, 0.6) is 0 Å². The summed E-state index contributed by atoms with van der Waals surface area (Å²) < 4.78 is 0. The zero-order valence-electron chi connectivity index (χ0n) is 22.6. The van der Waals surface area contributed by atoms with Crippen LogP contribution in [0.2, 0.25) is 0 Å². The van der Waals surface area contributed by atoms with Gasteiger partial charge in [-0.15, -0.1) is 0 Å². The minimum atomic E-state index is -1.22. The van der Waals surface area contributed by atoms with Crippen LogP contribution in [0.4, 0.5) is 0 Å². The minimum absolute atomic E-state index is 0.00186. The van der Waals surface area contributed by atoms with Gasteiger partial charge in [-0.25, -0.2) is 9.98 Å². The van der Waals surface area contributed by atoms with E-state index in [2.05, 4.69) is 50.8 Å². The Hall–Kier alpha value is -4.19. The van der Waals surface area contributed by atoms with Gasteiger partial charge in [-0.1, -0.05) is 32.0 Å². The molecule has 12 heteroatoms. The molecule has 1 aromatic carbocycles. The predicted octanol–water partition coefficient (Wildman–Crippen LogP) is -0.420. The maximum Gasteiger partial charge on any atom is 0.269 e. The number of aliphatic hydroxyl groups is 1. The largest absolute Gasteiger partial charge is 0.386 e. The lowest BCUT2D eigenvalue weighted by atomic mass is 9.71. The molecule has 12 nitrogen and oxygen atoms in total. The molecule has 4 aliphatic rings. The predicted molar refractivity (Wildman–Crippen MR) is 150 cm³/mol. The molecule has 40 heavy (non-hydrogen) atoms. The number of guanidine groups is 2. The summed E-state index contributed by atoms with van der Waals surface area (Å²) in [7, 11) is 0. The smallest absolute Gasteiger partial charge is 0.269 e. The summed E-state index contributed by atoms with van der Waals surface area (Å²) in [5.74, 6) is -0.306. The molecule has 1 saturated heterocycles. The summed E-state index contributed by atoms with van der Waals surface area (Å²) >= 11 is 0. The maximum absolute atomic E-state index is 13.6. The summed E-state index contributed by atoms with van der Waals surface area (Å²) in [5, 5.41) is 20.7. The van der Waals surface area contributed by atoms with Gasteiger partial charge in [-0.2, -0.15) is 0 Å². The lowest BCUT2D eigenvalue weighted by Crippen LogP contribution is -2.73. The highest BCUT2D eigenvalue weighted by molar-refractivity contribution is 5.97. The van der Waals surface area contributed by atoms with Crippen molar-refractivity contribution in [2.75, 3.05) is 13.1 Å². The van der Waals surface area contributed by atoms with E-state index < -0.39 is 29.9 Å². The highest BCUT2D eigenvalue weighted by Crippen LogP contribution is 2.41. The number of nitrogens with two attached hydrogens (primary N) is 2. The third-order valence-electron chi connectivity index (χ3n) is 8.72. The topological polar surface area (TPSA) is 183 Å². The quantitative estimate of drug-likeness (QED) is 0.293. The SMILES string of the molecule is CC1(C)CCCc2c(C(=O)N[C@@H]3CN4C(N)=N[C@@H](CNC(=O)c5ccccn5)C5N=C(N)NC54[C@@H]3O)cccc21. The molecule has 1 aliphatic carbocycles. The summed E-state index contributed by atoms with van der Waals surface area (Å²) in [4.78, 5) is 41.2. The number of hydrogen-bond donors (Lipinski definition) is 6. The van der Waals surface area contributed by atoms with Gasteiger partial charge >= 0.3 is 0 Å². The molecule has 0 saturated carbocycles. The van der Waals surface area contributed by atoms with Gasteiger partial charge in [0, 0.05) is 24.8 Å². The van der Waals surface area contributed by atoms with Crippen LogP contribution in [0.15, 0.2) is 52.6 Å². The molecule has 4 heterocycles. The van der Waals surface area contributed by atoms with Crippen molar-refractivity contribution in [2.24, 2.45) is 21.5 Å². The van der Waals surface area contributed by atoms with E-state index in [4.69, 9.17) is 11.5 Å². The second-order valence-electron chi connectivity index (χ2n) is 11.6. The van der Waals surface area contributed by atoms with Gasteiger partial charge in [0.1, 0.15) is 17.8 Å². The number of rotatable bonds is 5. The second-order valence-corrected chi connectivity index (χ2v) is 11.6. The van der Waals surface area contributed by atoms with Crippen molar-refractivity contribution in [3.05, 3.63) is 65.0 Å². The molecule has 3 aliphatic heterocycles. The molecule has 2 amide bonds. The van der Waals surface area contributed by atoms with Crippen LogP contribution in [0, 0.1) is 0 Å². The van der Waals surface area contributed by atoms with Crippen molar-refractivity contribution in [1.82, 2.24) is 25.8 Å². The average molecular weight is 546 g/mol. The van der Waals surface area contributed by atoms with E-state index in [-0.39, 0.29) is 47.9 Å². The Labute approximate surface area is 232 Å². The Morgan fingerprint density at radius 2 is 1.98 bits per heavy atom. The van der Waals surface area contributed by atoms with E-state index in [1.165, 1.54) is 5.56 Å². The average Bonchev–Trinajstić information content (AvgIpc) is 3.43. The lowest BCUT2D eigenvalue weighted by molar-refractivity contribution is 0.0144. The van der Waals surface area contributed by atoms with Crippen LogP contribution in [0.25, 0.3) is 0 Å². The first kappa shape index (κ1) is 26.1. The number of aliphatic imine (C=N–C) groups is 2. The number of pyridine rings is 1. The normalized spacial score (nSPS) is 29.7. The zero-order valence-corrected chi connectivity index (χ0v) is 22.6. The van der Waals surface area contributed by atoms with Crippen molar-refractivity contribution in [2.45, 2.75) is 68.4 Å². The van der Waals surface area contributed by atoms with E-state index in [0.29, 0.717) is 5.56 Å². The van der Waals surface area contributed by atoms with Crippen LogP contribution in [-0.2, 0) is 11.8 Å². The van der Waals surface area contributed by atoms with Crippen molar-refractivity contribution in [1.29, 1.82) is 0 Å². The molecule has 1 fully saturated rings. The molecule has 210 valence electrons. The number of amides is 2. The fourth-order valence-corrected chi connectivity index (χ4v) is 6.78. The van der Waals surface area contributed by atoms with Gasteiger partial charge in [-0.3, -0.25) is 14.6 Å². The molecule has 8 N–H and O–H groups in total. The van der Waals surface area contributed by atoms with Gasteiger partial charge in [0.15, 0.2) is 17.6 Å². The number of aromatic nitrogens is 1. The highest BCUT2D eigenvalue weighted by Gasteiger charge is 2.65. The van der Waals surface area contributed by atoms with Crippen molar-refractivity contribution in [3.63, 3.8) is 0 Å². The molecule has 0 bridgehead atoms. The van der Waals surface area contributed by atoms with E-state index in [1.807, 2.05) is 12.1 Å². The molecular formula is C28H35N9O3. The van der Waals surface area contributed by atoms with Crippen LogP contribution in [0.1, 0.15) is 58.7 Å². The monoisotopic (exact) mass is 545 g/mol. The Morgan fingerprint density at radius 3 is 2.75 bits per heavy atom. The maximum atomic E-state index is 13.6. The molecule has 0 radical (unpaired) electrons. The Kier molecular flexibility index (Phi) is 6.17. The van der Waals surface area contributed by atoms with Crippen molar-refractivity contribution >= 4 is 23.7 Å². The summed E-state index contributed by atoms with van der Waals surface area (Å²) in [6, 6.07) is 9.00. The number of nitrogens with zero attached hydrogens (tertiary/aromatic N) is 4. The van der Waals surface area contributed by atoms with Crippen molar-refractivity contribution < 1.29 is 14.7 Å². The first-order valence-corrected chi connectivity index (χ1v) is 13.6. The Balaban J connectivity index is 1.23. The lowest BCUT2D eigenvalue weighted by Gasteiger charge is -2.46. The fraction of sp³-hybridized carbons (Fsp3) is 0.464. The Morgan fingerprint density at radius 1 is 1.15 bits per heavy atom. The molecule has 1 aromatic heterocycles. The summed E-state index contributed by atoms with van der Waals surface area (Å²) in [6.07, 6.45) is 3.34. The summed E-state index contributed by atoms with van der Waals surface area (Å²) in [5.41, 5.74) is 14.5. The number of carbonyl (C=O) groups is 2. The number of nitrogens with one attached hydrogen (secondary N) is 3. The van der Waals surface area contributed by atoms with Crippen LogP contribution < -0.4 is 27.4 Å². The van der Waals surface area contributed by atoms with Gasteiger partial charge in [0.25, 0.3) is 11.8 Å². The van der Waals surface area contributed by atoms with Gasteiger partial charge in [0.2, 0.25) is 0 Å². The number of fused-ring (bicyclic) bond motifs is 1. The first-order valence-electron chi connectivity index (χ1n) is 13.6. The highest BCUT2D eigenvalue weighted by atomic mass is 16.3. The van der Waals surface area contributed by atoms with E-state index >= 15 is 0 Å². The van der Waals surface area contributed by atoms with Crippen molar-refractivity contribution in [3.8, 4) is 0 Å². The number of benzene rings is 1. The molecular weight excluding hydrogens is 510 g/mol. The van der Waals surface area contributed by atoms with Crippen LogP contribution in [-0.4, -0.2) is 81.7 Å².